The second-order valence-corrected chi connectivity index (χ2v) is 6.22. The summed E-state index contributed by atoms with van der Waals surface area (Å²) >= 11 is 0. The van der Waals surface area contributed by atoms with Crippen LogP contribution in [0.25, 0.3) is 0 Å². The molecule has 3 aromatic carbocycles. The molecule has 3 nitrogen and oxygen atoms in total. The first-order valence-electron chi connectivity index (χ1n) is 8.15. The Balaban J connectivity index is 1.84. The molecule has 5 heteroatoms. The zero-order valence-electron chi connectivity index (χ0n) is 13.7. The molecule has 0 bridgehead atoms. The van der Waals surface area contributed by atoms with E-state index in [-0.39, 0.29) is 12.1 Å². The van der Waals surface area contributed by atoms with E-state index in [9.17, 15) is 18.7 Å². The molecule has 0 saturated heterocycles. The van der Waals surface area contributed by atoms with E-state index in [2.05, 4.69) is 0 Å². The molecule has 4 rings (SSSR count). The summed E-state index contributed by atoms with van der Waals surface area (Å²) in [6.45, 7) is -0.0276. The van der Waals surface area contributed by atoms with Crippen LogP contribution in [0.4, 0.5) is 14.5 Å². The summed E-state index contributed by atoms with van der Waals surface area (Å²) in [6, 6.07) is 18.2. The molecule has 0 spiro atoms. The Bertz CT molecular complexity index is 1000. The molecule has 130 valence electrons. The van der Waals surface area contributed by atoms with Gasteiger partial charge in [-0.25, -0.2) is 8.78 Å². The van der Waals surface area contributed by atoms with E-state index in [1.807, 2.05) is 0 Å². The van der Waals surface area contributed by atoms with Crippen molar-refractivity contribution in [3.05, 3.63) is 101 Å². The highest BCUT2D eigenvalue weighted by Gasteiger charge is 2.51. The van der Waals surface area contributed by atoms with Gasteiger partial charge in [0.15, 0.2) is 5.60 Å². The highest BCUT2D eigenvalue weighted by Crippen LogP contribution is 2.45. The maximum absolute atomic E-state index is 14.1. The molecule has 1 heterocycles. The summed E-state index contributed by atoms with van der Waals surface area (Å²) in [7, 11) is 0. The SMILES string of the molecule is O=C1N(Cc2ccccc2F)c2ccccc2[C@@]1(O)c1cccc(F)c1. The van der Waals surface area contributed by atoms with Crippen LogP contribution in [0, 0.1) is 11.6 Å². The fourth-order valence-corrected chi connectivity index (χ4v) is 3.38. The van der Waals surface area contributed by atoms with Gasteiger partial charge in [-0.05, 0) is 24.3 Å². The zero-order chi connectivity index (χ0) is 18.3. The standard InChI is InChI=1S/C21H15F2NO2/c22-16-8-5-7-15(12-16)21(26)17-9-2-4-11-19(17)24(20(21)25)13-14-6-1-3-10-18(14)23/h1-12,26H,13H2/t21-/m0/s1. The van der Waals surface area contributed by atoms with Gasteiger partial charge in [0.1, 0.15) is 11.6 Å². The van der Waals surface area contributed by atoms with Crippen molar-refractivity contribution in [2.75, 3.05) is 4.90 Å². The number of hydrogen-bond acceptors (Lipinski definition) is 2. The van der Waals surface area contributed by atoms with Crippen LogP contribution in [0.5, 0.6) is 0 Å². The molecule has 1 amide bonds. The Labute approximate surface area is 149 Å². The van der Waals surface area contributed by atoms with E-state index in [1.54, 1.807) is 42.5 Å². The summed E-state index contributed by atoms with van der Waals surface area (Å²) in [5.74, 6) is -1.61. The molecule has 1 atom stereocenters. The summed E-state index contributed by atoms with van der Waals surface area (Å²) in [5.41, 5.74) is -0.700. The summed E-state index contributed by atoms with van der Waals surface area (Å²) in [4.78, 5) is 14.5. The highest BCUT2D eigenvalue weighted by molar-refractivity contribution is 6.09. The van der Waals surface area contributed by atoms with Crippen LogP contribution in [0.1, 0.15) is 16.7 Å². The maximum Gasteiger partial charge on any atom is 0.268 e. The topological polar surface area (TPSA) is 40.5 Å². The van der Waals surface area contributed by atoms with Gasteiger partial charge >= 0.3 is 0 Å². The summed E-state index contributed by atoms with van der Waals surface area (Å²) in [6.07, 6.45) is 0. The van der Waals surface area contributed by atoms with Gasteiger partial charge in [0.2, 0.25) is 0 Å². The van der Waals surface area contributed by atoms with Crippen molar-refractivity contribution in [2.45, 2.75) is 12.1 Å². The van der Waals surface area contributed by atoms with E-state index in [0.29, 0.717) is 16.8 Å². The number of anilines is 1. The number of halogens is 2. The average Bonchev–Trinajstić information content (AvgIpc) is 2.87. The van der Waals surface area contributed by atoms with Crippen LogP contribution in [0.2, 0.25) is 0 Å². The van der Waals surface area contributed by atoms with E-state index in [0.717, 1.165) is 6.07 Å². The lowest BCUT2D eigenvalue weighted by Crippen LogP contribution is -2.41. The monoisotopic (exact) mass is 351 g/mol. The maximum atomic E-state index is 14.1. The quantitative estimate of drug-likeness (QED) is 0.781. The number of para-hydroxylation sites is 1. The molecule has 0 aromatic heterocycles. The molecule has 1 aliphatic rings. The van der Waals surface area contributed by atoms with Crippen molar-refractivity contribution in [1.82, 2.24) is 0 Å². The highest BCUT2D eigenvalue weighted by atomic mass is 19.1. The first-order valence-corrected chi connectivity index (χ1v) is 8.15. The first-order chi connectivity index (χ1) is 12.5. The van der Waals surface area contributed by atoms with E-state index < -0.39 is 23.1 Å². The third kappa shape index (κ3) is 2.40. The molecule has 1 N–H and O–H groups in total. The predicted octanol–water partition coefficient (Wildman–Crippen LogP) is 3.75. The lowest BCUT2D eigenvalue weighted by atomic mass is 9.87. The van der Waals surface area contributed by atoms with Crippen LogP contribution >= 0.6 is 0 Å². The minimum absolute atomic E-state index is 0.0276. The van der Waals surface area contributed by atoms with Gasteiger partial charge in [-0.2, -0.15) is 0 Å². The molecule has 1 aliphatic heterocycles. The van der Waals surface area contributed by atoms with E-state index in [1.165, 1.54) is 29.2 Å². The smallest absolute Gasteiger partial charge is 0.268 e. The molecule has 0 saturated carbocycles. The van der Waals surface area contributed by atoms with Crippen LogP contribution in [-0.2, 0) is 16.9 Å². The third-order valence-corrected chi connectivity index (χ3v) is 4.67. The second kappa shape index (κ2) is 6.04. The summed E-state index contributed by atoms with van der Waals surface area (Å²) < 4.78 is 27.8. The van der Waals surface area contributed by atoms with Crippen molar-refractivity contribution in [2.24, 2.45) is 0 Å². The Kier molecular flexibility index (Phi) is 3.81. The first kappa shape index (κ1) is 16.4. The number of hydrogen-bond donors (Lipinski definition) is 1. The van der Waals surface area contributed by atoms with Crippen molar-refractivity contribution in [1.29, 1.82) is 0 Å². The second-order valence-electron chi connectivity index (χ2n) is 6.22. The number of carbonyl (C=O) groups excluding carboxylic acids is 1. The Morgan fingerprint density at radius 2 is 1.65 bits per heavy atom. The fraction of sp³-hybridized carbons (Fsp3) is 0.0952. The fourth-order valence-electron chi connectivity index (χ4n) is 3.38. The summed E-state index contributed by atoms with van der Waals surface area (Å²) in [5, 5.41) is 11.3. The van der Waals surface area contributed by atoms with Crippen molar-refractivity contribution in [3.8, 4) is 0 Å². The average molecular weight is 351 g/mol. The van der Waals surface area contributed by atoms with E-state index >= 15 is 0 Å². The zero-order valence-corrected chi connectivity index (χ0v) is 13.7. The normalized spacial score (nSPS) is 18.9. The van der Waals surface area contributed by atoms with Crippen molar-refractivity contribution in [3.63, 3.8) is 0 Å². The van der Waals surface area contributed by atoms with Crippen molar-refractivity contribution >= 4 is 11.6 Å². The van der Waals surface area contributed by atoms with Crippen LogP contribution in [-0.4, -0.2) is 11.0 Å². The number of rotatable bonds is 3. The van der Waals surface area contributed by atoms with Gasteiger partial charge in [0.25, 0.3) is 5.91 Å². The van der Waals surface area contributed by atoms with Crippen LogP contribution in [0.15, 0.2) is 72.8 Å². The molecule has 0 radical (unpaired) electrons. The lowest BCUT2D eigenvalue weighted by Gasteiger charge is -2.24. The lowest BCUT2D eigenvalue weighted by molar-refractivity contribution is -0.132. The number of fused-ring (bicyclic) bond motifs is 1. The predicted molar refractivity (Wildman–Crippen MR) is 93.4 cm³/mol. The number of benzene rings is 3. The van der Waals surface area contributed by atoms with Gasteiger partial charge in [-0.15, -0.1) is 0 Å². The van der Waals surface area contributed by atoms with Gasteiger partial charge in [-0.3, -0.25) is 4.79 Å². The van der Waals surface area contributed by atoms with E-state index in [4.69, 9.17) is 0 Å². The number of aliphatic hydroxyl groups is 1. The van der Waals surface area contributed by atoms with Crippen molar-refractivity contribution < 1.29 is 18.7 Å². The molecule has 0 unspecified atom stereocenters. The van der Waals surface area contributed by atoms with Gasteiger partial charge < -0.3 is 10.0 Å². The minimum atomic E-state index is -2.01. The number of nitrogens with zero attached hydrogens (tertiary/aromatic N) is 1. The Morgan fingerprint density at radius 3 is 2.42 bits per heavy atom. The number of carbonyl (C=O) groups is 1. The molecule has 3 aromatic rings. The molecular weight excluding hydrogens is 336 g/mol. The largest absolute Gasteiger partial charge is 0.372 e. The molecule has 26 heavy (non-hydrogen) atoms. The van der Waals surface area contributed by atoms with Gasteiger partial charge in [0, 0.05) is 16.7 Å². The van der Waals surface area contributed by atoms with Crippen LogP contribution < -0.4 is 4.90 Å². The van der Waals surface area contributed by atoms with Crippen LogP contribution in [0.3, 0.4) is 0 Å². The van der Waals surface area contributed by atoms with Gasteiger partial charge in [-0.1, -0.05) is 48.5 Å². The molecular formula is C21H15F2NO2. The molecule has 0 aliphatic carbocycles. The number of amides is 1. The minimum Gasteiger partial charge on any atom is -0.372 e. The van der Waals surface area contributed by atoms with Gasteiger partial charge in [0.05, 0.1) is 12.2 Å². The molecule has 0 fully saturated rings. The third-order valence-electron chi connectivity index (χ3n) is 4.67. The Hall–Kier alpha value is -3.05. The Morgan fingerprint density at radius 1 is 0.923 bits per heavy atom.